The second kappa shape index (κ2) is 5.90. The summed E-state index contributed by atoms with van der Waals surface area (Å²) >= 11 is 0. The van der Waals surface area contributed by atoms with E-state index in [0.29, 0.717) is 19.6 Å². The molecule has 0 bridgehead atoms. The lowest BCUT2D eigenvalue weighted by atomic mass is 9.98. The van der Waals surface area contributed by atoms with Gasteiger partial charge in [0.2, 0.25) is 5.91 Å². The molecule has 0 radical (unpaired) electrons. The zero-order valence-corrected chi connectivity index (χ0v) is 12.9. The lowest BCUT2D eigenvalue weighted by molar-refractivity contribution is -0.219. The molecule has 0 aromatic rings. The molecule has 0 aliphatic carbocycles. The molecule has 0 unspecified atom stereocenters. The van der Waals surface area contributed by atoms with Crippen molar-refractivity contribution in [3.63, 3.8) is 0 Å². The van der Waals surface area contributed by atoms with Gasteiger partial charge in [0.15, 0.2) is 0 Å². The molecule has 1 fully saturated rings. The number of hydrogen-bond acceptors (Lipinski definition) is 4. The van der Waals surface area contributed by atoms with Crippen molar-refractivity contribution in [3.8, 4) is 0 Å². The predicted molar refractivity (Wildman–Crippen MR) is 73.1 cm³/mol. The molecule has 0 saturated carbocycles. The first-order chi connectivity index (χ1) is 8.62. The van der Waals surface area contributed by atoms with Gasteiger partial charge < -0.3 is 9.74 Å². The number of hydrogen-bond donors (Lipinski definition) is 0. The minimum atomic E-state index is -0.509. The summed E-state index contributed by atoms with van der Waals surface area (Å²) in [6.07, 6.45) is 0. The lowest BCUT2D eigenvalue weighted by Crippen LogP contribution is -2.55. The van der Waals surface area contributed by atoms with E-state index in [1.165, 1.54) is 0 Å². The van der Waals surface area contributed by atoms with E-state index in [1.54, 1.807) is 5.06 Å². The molecule has 0 aromatic heterocycles. The fraction of sp³-hybridized carbons (Fsp3) is 0.857. The second-order valence-corrected chi connectivity index (χ2v) is 6.56. The van der Waals surface area contributed by atoms with E-state index in [0.717, 1.165) is 0 Å². The highest BCUT2D eigenvalue weighted by molar-refractivity contribution is 5.78. The minimum Gasteiger partial charge on any atom is -0.367 e. The van der Waals surface area contributed by atoms with Crippen LogP contribution in [-0.4, -0.2) is 47.5 Å². The third-order valence-electron chi connectivity index (χ3n) is 3.18. The maximum absolute atomic E-state index is 11.9. The zero-order valence-electron chi connectivity index (χ0n) is 12.9. The van der Waals surface area contributed by atoms with Crippen LogP contribution in [0.5, 0.6) is 0 Å². The summed E-state index contributed by atoms with van der Waals surface area (Å²) in [4.78, 5) is 31.0. The van der Waals surface area contributed by atoms with Crippen molar-refractivity contribution in [1.82, 2.24) is 9.96 Å². The van der Waals surface area contributed by atoms with Crippen molar-refractivity contribution in [2.45, 2.75) is 47.6 Å². The van der Waals surface area contributed by atoms with Gasteiger partial charge >= 0.3 is 5.97 Å². The Morgan fingerprint density at radius 1 is 1.21 bits per heavy atom. The van der Waals surface area contributed by atoms with Crippen LogP contribution in [0, 0.1) is 11.3 Å². The number of piperazine rings is 1. The third-order valence-corrected chi connectivity index (χ3v) is 3.18. The number of carbonyl (C=O) groups is 2. The standard InChI is InChI=1S/C14H26N2O3/c1-10(2)12(17)15-7-8-16(11(3)9-15)19-13(18)14(4,5)6/h10-11H,7-9H2,1-6H3/t11-/m1/s1. The highest BCUT2D eigenvalue weighted by Gasteiger charge is 2.32. The molecule has 1 rings (SSSR count). The topological polar surface area (TPSA) is 49.9 Å². The molecule has 1 amide bonds. The van der Waals surface area contributed by atoms with E-state index in [1.807, 2.05) is 46.4 Å². The molecule has 5 heteroatoms. The van der Waals surface area contributed by atoms with Crippen LogP contribution in [0.2, 0.25) is 0 Å². The number of rotatable bonds is 2. The Bertz CT molecular complexity index is 347. The minimum absolute atomic E-state index is 0.0101. The van der Waals surface area contributed by atoms with Crippen molar-refractivity contribution < 1.29 is 14.4 Å². The third kappa shape index (κ3) is 4.20. The average Bonchev–Trinajstić information content (AvgIpc) is 2.29. The van der Waals surface area contributed by atoms with Crippen molar-refractivity contribution in [3.05, 3.63) is 0 Å². The summed E-state index contributed by atoms with van der Waals surface area (Å²) in [5.74, 6) is -0.0625. The molecule has 110 valence electrons. The van der Waals surface area contributed by atoms with Gasteiger partial charge in [-0.1, -0.05) is 13.8 Å². The van der Waals surface area contributed by atoms with E-state index < -0.39 is 5.41 Å². The molecule has 1 aliphatic rings. The van der Waals surface area contributed by atoms with Gasteiger partial charge in [-0.2, -0.15) is 0 Å². The van der Waals surface area contributed by atoms with Crippen LogP contribution < -0.4 is 0 Å². The first kappa shape index (κ1) is 16.0. The first-order valence-electron chi connectivity index (χ1n) is 6.90. The number of nitrogens with zero attached hydrogens (tertiary/aromatic N) is 2. The van der Waals surface area contributed by atoms with Gasteiger partial charge in [-0.05, 0) is 27.7 Å². The molecule has 5 nitrogen and oxygen atoms in total. The largest absolute Gasteiger partial charge is 0.367 e. The molecule has 0 N–H and O–H groups in total. The molecule has 19 heavy (non-hydrogen) atoms. The maximum Gasteiger partial charge on any atom is 0.330 e. The maximum atomic E-state index is 11.9. The number of carbonyl (C=O) groups excluding carboxylic acids is 2. The normalized spacial score (nSPS) is 21.6. The average molecular weight is 270 g/mol. The van der Waals surface area contributed by atoms with Crippen LogP contribution in [0.3, 0.4) is 0 Å². The first-order valence-corrected chi connectivity index (χ1v) is 6.90. The number of hydroxylamine groups is 2. The Labute approximate surface area is 115 Å². The van der Waals surface area contributed by atoms with Crippen molar-refractivity contribution >= 4 is 11.9 Å². The van der Waals surface area contributed by atoms with Crippen LogP contribution >= 0.6 is 0 Å². The SMILES string of the molecule is CC(C)C(=O)N1CCN(OC(=O)C(C)(C)C)[C@H](C)C1. The van der Waals surface area contributed by atoms with E-state index in [-0.39, 0.29) is 23.8 Å². The summed E-state index contributed by atoms with van der Waals surface area (Å²) in [6.45, 7) is 13.1. The van der Waals surface area contributed by atoms with E-state index in [2.05, 4.69) is 0 Å². The number of amides is 1. The molecule has 1 heterocycles. The summed E-state index contributed by atoms with van der Waals surface area (Å²) in [6, 6.07) is 0.0303. The zero-order chi connectivity index (χ0) is 14.8. The van der Waals surface area contributed by atoms with Crippen LogP contribution in [0.15, 0.2) is 0 Å². The Morgan fingerprint density at radius 2 is 1.79 bits per heavy atom. The fourth-order valence-electron chi connectivity index (χ4n) is 1.89. The van der Waals surface area contributed by atoms with Crippen LogP contribution in [0.1, 0.15) is 41.5 Å². The van der Waals surface area contributed by atoms with E-state index >= 15 is 0 Å². The monoisotopic (exact) mass is 270 g/mol. The Hall–Kier alpha value is -1.10. The van der Waals surface area contributed by atoms with Gasteiger partial charge in [-0.3, -0.25) is 4.79 Å². The smallest absolute Gasteiger partial charge is 0.330 e. The van der Waals surface area contributed by atoms with Gasteiger partial charge in [-0.25, -0.2) is 4.79 Å². The molecule has 0 spiro atoms. The molecular formula is C14H26N2O3. The van der Waals surface area contributed by atoms with Crippen LogP contribution in [0.25, 0.3) is 0 Å². The molecular weight excluding hydrogens is 244 g/mol. The van der Waals surface area contributed by atoms with Gasteiger partial charge in [0.05, 0.1) is 18.0 Å². The van der Waals surface area contributed by atoms with Gasteiger partial charge in [-0.15, -0.1) is 5.06 Å². The highest BCUT2D eigenvalue weighted by atomic mass is 16.7. The van der Waals surface area contributed by atoms with Gasteiger partial charge in [0.1, 0.15) is 0 Å². The molecule has 0 aromatic carbocycles. The Balaban J connectivity index is 2.56. The second-order valence-electron chi connectivity index (χ2n) is 6.56. The quantitative estimate of drug-likeness (QED) is 0.766. The van der Waals surface area contributed by atoms with Gasteiger partial charge in [0.25, 0.3) is 0 Å². The Morgan fingerprint density at radius 3 is 2.21 bits per heavy atom. The highest BCUT2D eigenvalue weighted by Crippen LogP contribution is 2.19. The van der Waals surface area contributed by atoms with E-state index in [9.17, 15) is 9.59 Å². The predicted octanol–water partition coefficient (Wildman–Crippen LogP) is 1.68. The van der Waals surface area contributed by atoms with Crippen molar-refractivity contribution in [2.24, 2.45) is 11.3 Å². The lowest BCUT2D eigenvalue weighted by Gasteiger charge is -2.39. The van der Waals surface area contributed by atoms with Crippen molar-refractivity contribution in [2.75, 3.05) is 19.6 Å². The summed E-state index contributed by atoms with van der Waals surface area (Å²) < 4.78 is 0. The van der Waals surface area contributed by atoms with Crippen LogP contribution in [0.4, 0.5) is 0 Å². The fourth-order valence-corrected chi connectivity index (χ4v) is 1.89. The summed E-state index contributed by atoms with van der Waals surface area (Å²) in [5.41, 5.74) is -0.509. The molecule has 1 aliphatic heterocycles. The molecule has 1 atom stereocenters. The van der Waals surface area contributed by atoms with Crippen LogP contribution in [-0.2, 0) is 14.4 Å². The van der Waals surface area contributed by atoms with Crippen molar-refractivity contribution in [1.29, 1.82) is 0 Å². The summed E-state index contributed by atoms with van der Waals surface area (Å²) in [5, 5.41) is 1.69. The van der Waals surface area contributed by atoms with E-state index in [4.69, 9.17) is 4.84 Å². The summed E-state index contributed by atoms with van der Waals surface area (Å²) in [7, 11) is 0. The molecule has 1 saturated heterocycles. The van der Waals surface area contributed by atoms with Gasteiger partial charge in [0, 0.05) is 19.0 Å². The Kier molecular flexibility index (Phi) is 4.96.